The minimum absolute atomic E-state index is 0.0895. The fraction of sp³-hybridized carbons (Fsp3) is 0.389. The summed E-state index contributed by atoms with van der Waals surface area (Å²) in [4.78, 5) is 28.7. The average Bonchev–Trinajstić information content (AvgIpc) is 2.61. The molecule has 6 nitrogen and oxygen atoms in total. The van der Waals surface area contributed by atoms with Gasteiger partial charge in [-0.05, 0) is 25.1 Å². The molecule has 1 aromatic carbocycles. The van der Waals surface area contributed by atoms with Crippen LogP contribution in [0, 0.1) is 11.3 Å². The van der Waals surface area contributed by atoms with Gasteiger partial charge in [0.2, 0.25) is 0 Å². The Labute approximate surface area is 139 Å². The number of amides is 1. The highest BCUT2D eigenvalue weighted by atomic mass is 16.4. The number of hydrogen-bond acceptors (Lipinski definition) is 5. The van der Waals surface area contributed by atoms with Gasteiger partial charge in [0.25, 0.3) is 5.91 Å². The molecule has 0 radical (unpaired) electrons. The maximum absolute atomic E-state index is 12.6. The van der Waals surface area contributed by atoms with E-state index in [4.69, 9.17) is 9.68 Å². The average molecular weight is 325 g/mol. The first-order chi connectivity index (χ1) is 11.7. The topological polar surface area (TPSA) is 77.6 Å². The quantitative estimate of drug-likeness (QED) is 0.633. The molecule has 1 aliphatic rings. The number of fused-ring (bicyclic) bond motifs is 1. The lowest BCUT2D eigenvalue weighted by Gasteiger charge is -2.34. The summed E-state index contributed by atoms with van der Waals surface area (Å²) in [5, 5.41) is 9.32. The van der Waals surface area contributed by atoms with Crippen molar-refractivity contribution in [3.8, 4) is 6.07 Å². The van der Waals surface area contributed by atoms with Crippen LogP contribution < -0.4 is 5.63 Å². The Morgan fingerprint density at radius 2 is 1.96 bits per heavy atom. The van der Waals surface area contributed by atoms with Crippen molar-refractivity contribution in [3.63, 3.8) is 0 Å². The summed E-state index contributed by atoms with van der Waals surface area (Å²) in [6, 6.07) is 10.9. The normalized spacial score (nSPS) is 15.4. The summed E-state index contributed by atoms with van der Waals surface area (Å²) in [7, 11) is 0. The standard InChI is InChI=1S/C18H19N3O3/c19-7-3-4-8-20-9-11-21(12-10-20)17(22)15-13-14-5-1-2-6-16(14)24-18(15)23/h1-2,5-6,13H,3-4,8-12H2. The molecule has 0 unspecified atom stereocenters. The second kappa shape index (κ2) is 7.28. The van der Waals surface area contributed by atoms with E-state index in [0.29, 0.717) is 25.1 Å². The summed E-state index contributed by atoms with van der Waals surface area (Å²) < 4.78 is 5.25. The molecule has 0 atom stereocenters. The zero-order valence-electron chi connectivity index (χ0n) is 13.4. The first-order valence-corrected chi connectivity index (χ1v) is 8.10. The Morgan fingerprint density at radius 3 is 2.71 bits per heavy atom. The lowest BCUT2D eigenvalue weighted by molar-refractivity contribution is 0.0632. The van der Waals surface area contributed by atoms with Gasteiger partial charge in [0, 0.05) is 38.0 Å². The Kier molecular flexibility index (Phi) is 4.92. The van der Waals surface area contributed by atoms with E-state index in [0.717, 1.165) is 31.4 Å². The van der Waals surface area contributed by atoms with Gasteiger partial charge in [-0.25, -0.2) is 4.79 Å². The highest BCUT2D eigenvalue weighted by Gasteiger charge is 2.24. The van der Waals surface area contributed by atoms with Gasteiger partial charge in [0.05, 0.1) is 6.07 Å². The van der Waals surface area contributed by atoms with Gasteiger partial charge in [-0.3, -0.25) is 9.69 Å². The predicted molar refractivity (Wildman–Crippen MR) is 89.7 cm³/mol. The highest BCUT2D eigenvalue weighted by molar-refractivity contribution is 5.96. The summed E-state index contributed by atoms with van der Waals surface area (Å²) in [6.07, 6.45) is 1.40. The molecule has 0 spiro atoms. The summed E-state index contributed by atoms with van der Waals surface area (Å²) in [6.45, 7) is 3.55. The van der Waals surface area contributed by atoms with Crippen LogP contribution in [0.3, 0.4) is 0 Å². The first-order valence-electron chi connectivity index (χ1n) is 8.10. The molecule has 6 heteroatoms. The number of nitriles is 1. The molecule has 2 aromatic rings. The third-order valence-corrected chi connectivity index (χ3v) is 4.29. The third kappa shape index (κ3) is 3.47. The molecule has 3 rings (SSSR count). The van der Waals surface area contributed by atoms with E-state index in [9.17, 15) is 9.59 Å². The Bertz CT molecular complexity index is 829. The minimum atomic E-state index is -0.588. The number of unbranched alkanes of at least 4 members (excludes halogenated alkanes) is 1. The number of hydrogen-bond donors (Lipinski definition) is 0. The SMILES string of the molecule is N#CCCCN1CCN(C(=O)c2cc3ccccc3oc2=O)CC1. The van der Waals surface area contributed by atoms with Crippen molar-refractivity contribution < 1.29 is 9.21 Å². The molecule has 0 bridgehead atoms. The monoisotopic (exact) mass is 325 g/mol. The van der Waals surface area contributed by atoms with Gasteiger partial charge >= 0.3 is 5.63 Å². The minimum Gasteiger partial charge on any atom is -0.422 e. The van der Waals surface area contributed by atoms with Gasteiger partial charge in [0.15, 0.2) is 0 Å². The number of piperazine rings is 1. The fourth-order valence-corrected chi connectivity index (χ4v) is 2.94. The Hall–Kier alpha value is -2.65. The Morgan fingerprint density at radius 1 is 1.21 bits per heavy atom. The molecule has 0 saturated carbocycles. The number of benzene rings is 1. The molecule has 1 fully saturated rings. The highest BCUT2D eigenvalue weighted by Crippen LogP contribution is 2.14. The Balaban J connectivity index is 1.69. The molecular weight excluding hydrogens is 306 g/mol. The molecule has 1 saturated heterocycles. The summed E-state index contributed by atoms with van der Waals surface area (Å²) in [5.41, 5.74) is -0.0110. The van der Waals surface area contributed by atoms with E-state index in [1.165, 1.54) is 0 Å². The second-order valence-corrected chi connectivity index (χ2v) is 5.88. The van der Waals surface area contributed by atoms with Crippen LogP contribution in [0.1, 0.15) is 23.2 Å². The van der Waals surface area contributed by atoms with Gasteiger partial charge in [-0.15, -0.1) is 0 Å². The number of nitrogens with zero attached hydrogens (tertiary/aromatic N) is 3. The molecule has 24 heavy (non-hydrogen) atoms. The van der Waals surface area contributed by atoms with Gasteiger partial charge in [0.1, 0.15) is 11.1 Å². The van der Waals surface area contributed by atoms with Crippen molar-refractivity contribution in [1.82, 2.24) is 9.80 Å². The molecule has 1 amide bonds. The van der Waals surface area contributed by atoms with Crippen LogP contribution in [-0.2, 0) is 0 Å². The van der Waals surface area contributed by atoms with Crippen molar-refractivity contribution >= 4 is 16.9 Å². The number of carbonyl (C=O) groups is 1. The van der Waals surface area contributed by atoms with Crippen LogP contribution in [-0.4, -0.2) is 48.4 Å². The van der Waals surface area contributed by atoms with E-state index >= 15 is 0 Å². The lowest BCUT2D eigenvalue weighted by Crippen LogP contribution is -2.49. The smallest absolute Gasteiger partial charge is 0.349 e. The summed E-state index contributed by atoms with van der Waals surface area (Å²) >= 11 is 0. The number of carbonyl (C=O) groups excluding carboxylic acids is 1. The van der Waals surface area contributed by atoms with Crippen molar-refractivity contribution in [2.45, 2.75) is 12.8 Å². The maximum atomic E-state index is 12.6. The molecule has 1 aliphatic heterocycles. The van der Waals surface area contributed by atoms with Crippen LogP contribution in [0.4, 0.5) is 0 Å². The molecular formula is C18H19N3O3. The zero-order chi connectivity index (χ0) is 16.9. The number of para-hydroxylation sites is 1. The maximum Gasteiger partial charge on any atom is 0.349 e. The van der Waals surface area contributed by atoms with Crippen molar-refractivity contribution in [1.29, 1.82) is 5.26 Å². The zero-order valence-corrected chi connectivity index (χ0v) is 13.4. The van der Waals surface area contributed by atoms with Crippen LogP contribution in [0.5, 0.6) is 0 Å². The number of rotatable bonds is 4. The van der Waals surface area contributed by atoms with E-state index < -0.39 is 5.63 Å². The van der Waals surface area contributed by atoms with Crippen LogP contribution in [0.2, 0.25) is 0 Å². The third-order valence-electron chi connectivity index (χ3n) is 4.29. The van der Waals surface area contributed by atoms with Crippen LogP contribution in [0.15, 0.2) is 39.5 Å². The van der Waals surface area contributed by atoms with E-state index in [2.05, 4.69) is 11.0 Å². The van der Waals surface area contributed by atoms with Gasteiger partial charge in [-0.1, -0.05) is 18.2 Å². The molecule has 1 aromatic heterocycles. The summed E-state index contributed by atoms with van der Waals surface area (Å²) in [5.74, 6) is -0.272. The van der Waals surface area contributed by atoms with Crippen molar-refractivity contribution in [2.24, 2.45) is 0 Å². The second-order valence-electron chi connectivity index (χ2n) is 5.88. The fourth-order valence-electron chi connectivity index (χ4n) is 2.94. The lowest BCUT2D eigenvalue weighted by atomic mass is 10.1. The molecule has 0 N–H and O–H groups in total. The first kappa shape index (κ1) is 16.2. The van der Waals surface area contributed by atoms with Crippen molar-refractivity contribution in [2.75, 3.05) is 32.7 Å². The van der Waals surface area contributed by atoms with E-state index in [1.54, 1.807) is 23.1 Å². The van der Waals surface area contributed by atoms with E-state index in [1.807, 2.05) is 12.1 Å². The van der Waals surface area contributed by atoms with Gasteiger partial charge in [-0.2, -0.15) is 5.26 Å². The molecule has 0 aliphatic carbocycles. The van der Waals surface area contributed by atoms with Crippen molar-refractivity contribution in [3.05, 3.63) is 46.3 Å². The molecule has 2 heterocycles. The van der Waals surface area contributed by atoms with Gasteiger partial charge < -0.3 is 9.32 Å². The van der Waals surface area contributed by atoms with E-state index in [-0.39, 0.29) is 11.5 Å². The largest absolute Gasteiger partial charge is 0.422 e. The van der Waals surface area contributed by atoms with Crippen LogP contribution >= 0.6 is 0 Å². The molecule has 124 valence electrons. The predicted octanol–water partition coefficient (Wildman–Crippen LogP) is 1.85. The van der Waals surface area contributed by atoms with Crippen LogP contribution in [0.25, 0.3) is 11.0 Å².